The molecule has 0 aliphatic rings. The third-order valence-corrected chi connectivity index (χ3v) is 3.77. The molecular weight excluding hydrogens is 335 g/mol. The summed E-state index contributed by atoms with van der Waals surface area (Å²) in [6.45, 7) is 2.39. The first-order chi connectivity index (χ1) is 12.5. The largest absolute Gasteiger partial charge is 0.354 e. The van der Waals surface area contributed by atoms with Crippen molar-refractivity contribution in [3.8, 4) is 0 Å². The average molecular weight is 356 g/mol. The molecule has 6 heteroatoms. The quantitative estimate of drug-likeness (QED) is 0.564. The molecule has 2 aromatic carbocycles. The number of rotatable bonds is 8. The van der Waals surface area contributed by atoms with Crippen LogP contribution in [0.5, 0.6) is 0 Å². The van der Waals surface area contributed by atoms with Crippen LogP contribution in [0.2, 0.25) is 0 Å². The lowest BCUT2D eigenvalue weighted by Crippen LogP contribution is -2.34. The number of benzene rings is 2. The normalized spacial score (nSPS) is 10.2. The molecule has 0 heterocycles. The fraction of sp³-hybridized carbons (Fsp3) is 0.250. The minimum atomic E-state index is -0.482. The van der Waals surface area contributed by atoms with Crippen molar-refractivity contribution in [3.63, 3.8) is 0 Å². The van der Waals surface area contributed by atoms with E-state index >= 15 is 0 Å². The number of nitrogens with one attached hydrogen (secondary N) is 2. The highest BCUT2D eigenvalue weighted by atomic mass is 19.1. The van der Waals surface area contributed by atoms with Crippen LogP contribution in [0.1, 0.15) is 39.1 Å². The van der Waals surface area contributed by atoms with Gasteiger partial charge in [-0.05, 0) is 25.1 Å². The van der Waals surface area contributed by atoms with E-state index < -0.39 is 11.7 Å². The molecule has 0 aliphatic carbocycles. The van der Waals surface area contributed by atoms with E-state index in [1.54, 1.807) is 12.1 Å². The second-order valence-electron chi connectivity index (χ2n) is 5.91. The minimum Gasteiger partial charge on any atom is -0.354 e. The highest BCUT2D eigenvalue weighted by molar-refractivity contribution is 5.98. The van der Waals surface area contributed by atoms with Gasteiger partial charge in [0.25, 0.3) is 5.91 Å². The van der Waals surface area contributed by atoms with Crippen molar-refractivity contribution in [2.75, 3.05) is 13.1 Å². The van der Waals surface area contributed by atoms with Crippen molar-refractivity contribution in [3.05, 3.63) is 71.0 Å². The van der Waals surface area contributed by atoms with Gasteiger partial charge >= 0.3 is 0 Å². The predicted molar refractivity (Wildman–Crippen MR) is 96.5 cm³/mol. The van der Waals surface area contributed by atoms with Gasteiger partial charge in [0.15, 0.2) is 5.78 Å². The van der Waals surface area contributed by atoms with E-state index in [9.17, 15) is 18.8 Å². The SMILES string of the molecule is Cc1ccc(C(=O)CCC(=O)NCCNC(=O)c2cccc(F)c2)cc1. The van der Waals surface area contributed by atoms with Crippen LogP contribution in [0, 0.1) is 12.7 Å². The minimum absolute atomic E-state index is 0.0837. The van der Waals surface area contributed by atoms with Gasteiger partial charge in [-0.15, -0.1) is 0 Å². The van der Waals surface area contributed by atoms with Crippen molar-refractivity contribution in [2.45, 2.75) is 19.8 Å². The molecule has 0 aliphatic heterocycles. The summed E-state index contributed by atoms with van der Waals surface area (Å²) >= 11 is 0. The van der Waals surface area contributed by atoms with Crippen LogP contribution >= 0.6 is 0 Å². The first-order valence-electron chi connectivity index (χ1n) is 8.36. The van der Waals surface area contributed by atoms with Gasteiger partial charge in [0, 0.05) is 37.1 Å². The zero-order valence-corrected chi connectivity index (χ0v) is 14.5. The van der Waals surface area contributed by atoms with Crippen molar-refractivity contribution >= 4 is 17.6 Å². The van der Waals surface area contributed by atoms with Crippen LogP contribution in [0.3, 0.4) is 0 Å². The number of amides is 2. The van der Waals surface area contributed by atoms with E-state index in [1.807, 2.05) is 19.1 Å². The van der Waals surface area contributed by atoms with Crippen molar-refractivity contribution in [1.29, 1.82) is 0 Å². The molecule has 26 heavy (non-hydrogen) atoms. The van der Waals surface area contributed by atoms with Crippen molar-refractivity contribution in [1.82, 2.24) is 10.6 Å². The Labute approximate surface area is 151 Å². The molecule has 0 radical (unpaired) electrons. The summed E-state index contributed by atoms with van der Waals surface area (Å²) in [6, 6.07) is 12.6. The first-order valence-corrected chi connectivity index (χ1v) is 8.36. The number of ketones is 1. The van der Waals surface area contributed by atoms with Crippen LogP contribution in [-0.4, -0.2) is 30.7 Å². The van der Waals surface area contributed by atoms with E-state index in [0.717, 1.165) is 11.6 Å². The molecule has 0 spiro atoms. The van der Waals surface area contributed by atoms with E-state index in [0.29, 0.717) is 5.56 Å². The van der Waals surface area contributed by atoms with Gasteiger partial charge in [-0.3, -0.25) is 14.4 Å². The van der Waals surface area contributed by atoms with Gasteiger partial charge in [0.1, 0.15) is 5.82 Å². The molecule has 5 nitrogen and oxygen atoms in total. The molecular formula is C20H21FN2O3. The zero-order valence-electron chi connectivity index (χ0n) is 14.5. The summed E-state index contributed by atoms with van der Waals surface area (Å²) < 4.78 is 13.0. The van der Waals surface area contributed by atoms with Gasteiger partial charge in [0.05, 0.1) is 0 Å². The number of halogens is 1. The number of hydrogen-bond donors (Lipinski definition) is 2. The number of carbonyl (C=O) groups excluding carboxylic acids is 3. The average Bonchev–Trinajstić information content (AvgIpc) is 2.63. The smallest absolute Gasteiger partial charge is 0.251 e. The summed E-state index contributed by atoms with van der Waals surface area (Å²) in [4.78, 5) is 35.6. The third kappa shape index (κ3) is 6.12. The Balaban J connectivity index is 1.65. The van der Waals surface area contributed by atoms with Gasteiger partial charge < -0.3 is 10.6 Å². The van der Waals surface area contributed by atoms with Crippen molar-refractivity contribution < 1.29 is 18.8 Å². The number of hydrogen-bond acceptors (Lipinski definition) is 3. The zero-order chi connectivity index (χ0) is 18.9. The fourth-order valence-electron chi connectivity index (χ4n) is 2.31. The van der Waals surface area contributed by atoms with Crippen LogP contribution < -0.4 is 10.6 Å². The predicted octanol–water partition coefficient (Wildman–Crippen LogP) is 2.64. The molecule has 0 unspecified atom stereocenters. The summed E-state index contributed by atoms with van der Waals surface area (Å²) in [7, 11) is 0. The van der Waals surface area contributed by atoms with Gasteiger partial charge in [-0.1, -0.05) is 35.9 Å². The van der Waals surface area contributed by atoms with E-state index in [-0.39, 0.29) is 43.2 Å². The van der Waals surface area contributed by atoms with E-state index in [1.165, 1.54) is 18.2 Å². The Hall–Kier alpha value is -3.02. The molecule has 0 bridgehead atoms. The molecule has 0 fully saturated rings. The number of Topliss-reactive ketones (excluding diaryl/α,β-unsaturated/α-hetero) is 1. The van der Waals surface area contributed by atoms with Crippen molar-refractivity contribution in [2.24, 2.45) is 0 Å². The molecule has 2 N–H and O–H groups in total. The topological polar surface area (TPSA) is 75.3 Å². The summed E-state index contributed by atoms with van der Waals surface area (Å²) in [6.07, 6.45) is 0.217. The van der Waals surface area contributed by atoms with Crippen LogP contribution in [-0.2, 0) is 4.79 Å². The van der Waals surface area contributed by atoms with Crippen LogP contribution in [0.4, 0.5) is 4.39 Å². The molecule has 0 atom stereocenters. The van der Waals surface area contributed by atoms with Gasteiger partial charge in [-0.2, -0.15) is 0 Å². The first kappa shape index (κ1) is 19.3. The molecule has 2 aromatic rings. The second-order valence-corrected chi connectivity index (χ2v) is 5.91. The summed E-state index contributed by atoms with van der Waals surface area (Å²) in [5.41, 5.74) is 1.88. The molecule has 136 valence electrons. The Kier molecular flexibility index (Phi) is 7.02. The lowest BCUT2D eigenvalue weighted by Gasteiger charge is -2.07. The lowest BCUT2D eigenvalue weighted by atomic mass is 10.1. The lowest BCUT2D eigenvalue weighted by molar-refractivity contribution is -0.121. The Morgan fingerprint density at radius 3 is 2.27 bits per heavy atom. The maximum absolute atomic E-state index is 13.0. The van der Waals surface area contributed by atoms with Crippen LogP contribution in [0.25, 0.3) is 0 Å². The molecule has 0 aromatic heterocycles. The Morgan fingerprint density at radius 1 is 0.885 bits per heavy atom. The van der Waals surface area contributed by atoms with Gasteiger partial charge in [0.2, 0.25) is 5.91 Å². The van der Waals surface area contributed by atoms with E-state index in [4.69, 9.17) is 0 Å². The molecule has 0 saturated carbocycles. The van der Waals surface area contributed by atoms with Gasteiger partial charge in [-0.25, -0.2) is 4.39 Å². The standard InChI is InChI=1S/C20H21FN2O3/c1-14-5-7-15(8-6-14)18(24)9-10-19(25)22-11-12-23-20(26)16-3-2-4-17(21)13-16/h2-8,13H,9-12H2,1H3,(H,22,25)(H,23,26). The van der Waals surface area contributed by atoms with Crippen LogP contribution in [0.15, 0.2) is 48.5 Å². The molecule has 0 saturated heterocycles. The maximum Gasteiger partial charge on any atom is 0.251 e. The summed E-state index contributed by atoms with van der Waals surface area (Å²) in [5.74, 6) is -1.23. The monoisotopic (exact) mass is 356 g/mol. The maximum atomic E-state index is 13.0. The molecule has 2 rings (SSSR count). The fourth-order valence-corrected chi connectivity index (χ4v) is 2.31. The highest BCUT2D eigenvalue weighted by Crippen LogP contribution is 2.07. The highest BCUT2D eigenvalue weighted by Gasteiger charge is 2.09. The second kappa shape index (κ2) is 9.46. The Bertz CT molecular complexity index is 788. The van der Waals surface area contributed by atoms with E-state index in [2.05, 4.69) is 10.6 Å². The molecule has 2 amide bonds. The Morgan fingerprint density at radius 2 is 1.58 bits per heavy atom. The third-order valence-electron chi connectivity index (χ3n) is 3.77. The summed E-state index contributed by atoms with van der Waals surface area (Å²) in [5, 5.41) is 5.23. The number of carbonyl (C=O) groups is 3. The number of aryl methyl sites for hydroxylation is 1.